The van der Waals surface area contributed by atoms with E-state index in [2.05, 4.69) is 45.0 Å². The highest BCUT2D eigenvalue weighted by Gasteiger charge is 2.80. The van der Waals surface area contributed by atoms with E-state index in [0.717, 1.165) is 31.3 Å². The van der Waals surface area contributed by atoms with Gasteiger partial charge in [-0.2, -0.15) is 0 Å². The van der Waals surface area contributed by atoms with E-state index in [9.17, 15) is 24.9 Å². The number of hydrogen-bond donors (Lipinski definition) is 3. The summed E-state index contributed by atoms with van der Waals surface area (Å²) in [5.41, 5.74) is -3.73. The molecule has 1 aromatic rings. The molecule has 0 aromatic heterocycles. The van der Waals surface area contributed by atoms with Crippen molar-refractivity contribution in [2.24, 2.45) is 28.1 Å². The van der Waals surface area contributed by atoms with E-state index in [1.807, 2.05) is 25.1 Å². The fraction of sp³-hybridized carbons (Fsp3) is 0.676. The Morgan fingerprint density at radius 3 is 2.45 bits per heavy atom. The minimum atomic E-state index is -1.55. The summed E-state index contributed by atoms with van der Waals surface area (Å²) in [6, 6.07) is 10.4. The third kappa shape index (κ3) is 5.47. The van der Waals surface area contributed by atoms with Gasteiger partial charge in [0, 0.05) is 24.3 Å². The Bertz CT molecular complexity index is 1290. The number of carbonyl (C=O) groups excluding carboxylic acids is 2. The highest BCUT2D eigenvalue weighted by molar-refractivity contribution is 5.85. The molecule has 8 atom stereocenters. The van der Waals surface area contributed by atoms with Crippen molar-refractivity contribution in [2.45, 2.75) is 122 Å². The highest BCUT2D eigenvalue weighted by atomic mass is 16.5. The molecule has 2 fully saturated rings. The van der Waals surface area contributed by atoms with Gasteiger partial charge in [-0.15, -0.1) is 0 Å². The minimum absolute atomic E-state index is 0.187. The first-order chi connectivity index (χ1) is 20.7. The summed E-state index contributed by atoms with van der Waals surface area (Å²) in [7, 11) is 0. The van der Waals surface area contributed by atoms with Gasteiger partial charge in [0.15, 0.2) is 0 Å². The molecule has 7 nitrogen and oxygen atoms in total. The molecule has 7 heteroatoms. The van der Waals surface area contributed by atoms with Gasteiger partial charge in [-0.3, -0.25) is 4.79 Å². The van der Waals surface area contributed by atoms with Crippen LogP contribution in [-0.2, 0) is 25.5 Å². The molecule has 3 aliphatic carbocycles. The number of esters is 2. The fourth-order valence-electron chi connectivity index (χ4n) is 9.72. The Balaban J connectivity index is 1.52. The number of aryl methyl sites for hydroxylation is 1. The van der Waals surface area contributed by atoms with Crippen LogP contribution in [0.4, 0.5) is 0 Å². The van der Waals surface area contributed by atoms with Crippen molar-refractivity contribution in [2.75, 3.05) is 6.61 Å². The molecule has 0 radical (unpaired) electrons. The van der Waals surface area contributed by atoms with Gasteiger partial charge in [0.05, 0.1) is 22.7 Å². The zero-order chi connectivity index (χ0) is 32.0. The predicted molar refractivity (Wildman–Crippen MR) is 168 cm³/mol. The molecule has 1 spiro atoms. The number of cyclic esters (lactones) is 1. The van der Waals surface area contributed by atoms with Crippen LogP contribution in [0.5, 0.6) is 0 Å². The van der Waals surface area contributed by atoms with Gasteiger partial charge < -0.3 is 24.8 Å². The van der Waals surface area contributed by atoms with E-state index in [1.54, 1.807) is 0 Å². The van der Waals surface area contributed by atoms with E-state index in [0.29, 0.717) is 38.0 Å². The van der Waals surface area contributed by atoms with E-state index < -0.39 is 51.5 Å². The lowest BCUT2D eigenvalue weighted by Crippen LogP contribution is -2.82. The van der Waals surface area contributed by atoms with Crippen LogP contribution < -0.4 is 0 Å². The molecule has 1 aromatic carbocycles. The largest absolute Gasteiger partial charge is 0.462 e. The highest BCUT2D eigenvalue weighted by Crippen LogP contribution is 2.74. The van der Waals surface area contributed by atoms with E-state index in [1.165, 1.54) is 18.6 Å². The topological polar surface area (TPSA) is 113 Å². The maximum atomic E-state index is 13.3. The summed E-state index contributed by atoms with van der Waals surface area (Å²) in [6.07, 6.45) is 9.89. The molecule has 4 aliphatic rings. The third-order valence-corrected chi connectivity index (χ3v) is 11.9. The SMILES string of the molecule is CC(=O)O[C@@H]1C[C@]2(C)C=C[C@@](O)(CC[C@H](C)CCCc3ccccc3)[C@@]3([C@H](O)CCC(C)(C)[C@H]13)[C@@]2(O)CCC1=CC(=O)OC1. The summed E-state index contributed by atoms with van der Waals surface area (Å²) in [4.78, 5) is 24.4. The maximum absolute atomic E-state index is 13.3. The molecular weight excluding hydrogens is 556 g/mol. The Labute approximate surface area is 262 Å². The van der Waals surface area contributed by atoms with Crippen LogP contribution in [0.15, 0.2) is 54.1 Å². The summed E-state index contributed by atoms with van der Waals surface area (Å²) in [6.45, 7) is 9.99. The van der Waals surface area contributed by atoms with Gasteiger partial charge in [-0.05, 0) is 80.3 Å². The number of rotatable bonds is 11. The van der Waals surface area contributed by atoms with Gasteiger partial charge in [-0.1, -0.05) is 76.6 Å². The summed E-state index contributed by atoms with van der Waals surface area (Å²) >= 11 is 0. The molecular formula is C37H52O7. The number of hydrogen-bond acceptors (Lipinski definition) is 7. The standard InChI is InChI=1S/C37H52O7/c1-25(10-9-13-27-11-7-6-8-12-27)14-18-35(41)21-20-34(5)23-29(44-26(2)38)32-33(3,4)17-16-30(39)37(32,35)36(34,42)19-15-28-22-31(40)43-24-28/h6-8,11-12,20-22,25,29-30,32,39,41-42H,9-10,13-19,23-24H2,1-5H3/t25-,29-,30-,32+,34+,35+,36-,37+/m1/s1. The van der Waals surface area contributed by atoms with Crippen LogP contribution >= 0.6 is 0 Å². The second kappa shape index (κ2) is 12.0. The lowest BCUT2D eigenvalue weighted by molar-refractivity contribution is -0.355. The number of aliphatic hydroxyl groups is 3. The maximum Gasteiger partial charge on any atom is 0.331 e. The zero-order valence-corrected chi connectivity index (χ0v) is 27.2. The molecule has 0 unspecified atom stereocenters. The Hall–Kier alpha value is -2.48. The van der Waals surface area contributed by atoms with Crippen molar-refractivity contribution in [3.05, 3.63) is 59.7 Å². The minimum Gasteiger partial charge on any atom is -0.462 e. The van der Waals surface area contributed by atoms with Crippen molar-refractivity contribution < 1.29 is 34.4 Å². The first-order valence-electron chi connectivity index (χ1n) is 16.6. The molecule has 3 N–H and O–H groups in total. The van der Waals surface area contributed by atoms with Gasteiger partial charge in [0.2, 0.25) is 0 Å². The third-order valence-electron chi connectivity index (χ3n) is 11.9. The second-order valence-corrected chi connectivity index (χ2v) is 15.2. The smallest absolute Gasteiger partial charge is 0.331 e. The molecule has 2 bridgehead atoms. The van der Waals surface area contributed by atoms with Crippen molar-refractivity contribution >= 4 is 11.9 Å². The van der Waals surface area contributed by atoms with Gasteiger partial charge in [0.25, 0.3) is 0 Å². The number of ether oxygens (including phenoxy) is 2. The normalized spacial score (nSPS) is 38.0. The summed E-state index contributed by atoms with van der Waals surface area (Å²) in [5, 5.41) is 38.6. The Morgan fingerprint density at radius 2 is 1.80 bits per heavy atom. The summed E-state index contributed by atoms with van der Waals surface area (Å²) in [5.74, 6) is -0.968. The predicted octanol–water partition coefficient (Wildman–Crippen LogP) is 5.85. The van der Waals surface area contributed by atoms with Gasteiger partial charge in [0.1, 0.15) is 12.7 Å². The molecule has 44 heavy (non-hydrogen) atoms. The van der Waals surface area contributed by atoms with E-state index in [4.69, 9.17) is 9.47 Å². The van der Waals surface area contributed by atoms with Crippen molar-refractivity contribution in [1.82, 2.24) is 0 Å². The zero-order valence-electron chi connectivity index (χ0n) is 27.2. The van der Waals surface area contributed by atoms with Crippen LogP contribution in [-0.4, -0.2) is 57.3 Å². The number of benzene rings is 1. The molecule has 242 valence electrons. The molecule has 5 rings (SSSR count). The van der Waals surface area contributed by atoms with Crippen molar-refractivity contribution in [3.63, 3.8) is 0 Å². The second-order valence-electron chi connectivity index (χ2n) is 15.2. The molecule has 0 saturated heterocycles. The molecule has 1 heterocycles. The van der Waals surface area contributed by atoms with Crippen LogP contribution in [0.25, 0.3) is 0 Å². The lowest BCUT2D eigenvalue weighted by Gasteiger charge is -2.75. The van der Waals surface area contributed by atoms with E-state index in [-0.39, 0.29) is 19.0 Å². The molecule has 0 amide bonds. The first kappa shape index (κ1) is 32.9. The number of aliphatic hydroxyl groups excluding tert-OH is 1. The average molecular weight is 609 g/mol. The molecule has 1 aliphatic heterocycles. The first-order valence-corrected chi connectivity index (χ1v) is 16.6. The average Bonchev–Trinajstić information content (AvgIpc) is 3.38. The van der Waals surface area contributed by atoms with Crippen LogP contribution in [0, 0.1) is 28.1 Å². The fourth-order valence-corrected chi connectivity index (χ4v) is 9.72. The Morgan fingerprint density at radius 1 is 1.07 bits per heavy atom. The number of fused-ring (bicyclic) bond motifs is 1. The monoisotopic (exact) mass is 608 g/mol. The van der Waals surface area contributed by atoms with Gasteiger partial charge >= 0.3 is 11.9 Å². The van der Waals surface area contributed by atoms with Crippen molar-refractivity contribution in [1.29, 1.82) is 0 Å². The molecule has 2 saturated carbocycles. The van der Waals surface area contributed by atoms with Crippen LogP contribution in [0.1, 0.15) is 98.0 Å². The van der Waals surface area contributed by atoms with Crippen molar-refractivity contribution in [3.8, 4) is 0 Å². The van der Waals surface area contributed by atoms with Crippen LogP contribution in [0.2, 0.25) is 0 Å². The lowest BCUT2D eigenvalue weighted by atomic mass is 9.32. The number of carbonyl (C=O) groups is 2. The van der Waals surface area contributed by atoms with Crippen LogP contribution in [0.3, 0.4) is 0 Å². The van der Waals surface area contributed by atoms with E-state index >= 15 is 0 Å². The summed E-state index contributed by atoms with van der Waals surface area (Å²) < 4.78 is 11.2. The quantitative estimate of drug-likeness (QED) is 0.214. The Kier molecular flexibility index (Phi) is 9.00. The van der Waals surface area contributed by atoms with Gasteiger partial charge in [-0.25, -0.2) is 4.79 Å².